The number of carbonyl (C=O) groups is 1. The molecule has 0 fully saturated rings. The van der Waals surface area contributed by atoms with Crippen molar-refractivity contribution in [1.29, 1.82) is 0 Å². The third-order valence-corrected chi connectivity index (χ3v) is 4.81. The first-order chi connectivity index (χ1) is 12.7. The van der Waals surface area contributed by atoms with E-state index in [9.17, 15) is 4.79 Å². The zero-order valence-corrected chi connectivity index (χ0v) is 14.5. The average Bonchev–Trinajstić information content (AvgIpc) is 3.09. The van der Waals surface area contributed by atoms with Crippen LogP contribution in [0.3, 0.4) is 0 Å². The van der Waals surface area contributed by atoms with E-state index in [1.807, 2.05) is 16.9 Å². The molecule has 1 aliphatic rings. The van der Waals surface area contributed by atoms with Crippen LogP contribution in [-0.4, -0.2) is 40.3 Å². The fourth-order valence-electron chi connectivity index (χ4n) is 3.48. The van der Waals surface area contributed by atoms with Crippen molar-refractivity contribution in [3.63, 3.8) is 0 Å². The number of primary amides is 1. The van der Waals surface area contributed by atoms with Gasteiger partial charge >= 0.3 is 0 Å². The number of hydrogen-bond donors (Lipinski definition) is 3. The Bertz CT molecular complexity index is 929. The zero-order valence-electron chi connectivity index (χ0n) is 14.5. The van der Waals surface area contributed by atoms with Crippen LogP contribution in [0.25, 0.3) is 10.9 Å². The molecular weight excluding hydrogens is 328 g/mol. The molecular formula is C19H22N6O. The first-order valence-corrected chi connectivity index (χ1v) is 8.85. The molecule has 3 heterocycles. The maximum absolute atomic E-state index is 11.4. The Morgan fingerprint density at radius 3 is 3.12 bits per heavy atom. The Kier molecular flexibility index (Phi) is 4.53. The minimum absolute atomic E-state index is 0.411. The first kappa shape index (κ1) is 16.5. The van der Waals surface area contributed by atoms with Gasteiger partial charge in [-0.15, -0.1) is 0 Å². The molecule has 1 unspecified atom stereocenters. The van der Waals surface area contributed by atoms with E-state index in [0.717, 1.165) is 43.9 Å². The predicted molar refractivity (Wildman–Crippen MR) is 101 cm³/mol. The Balaban J connectivity index is 1.31. The van der Waals surface area contributed by atoms with Crippen molar-refractivity contribution < 1.29 is 4.79 Å². The highest BCUT2D eigenvalue weighted by atomic mass is 16.1. The van der Waals surface area contributed by atoms with Crippen LogP contribution in [0.1, 0.15) is 15.9 Å². The molecule has 7 heteroatoms. The molecule has 26 heavy (non-hydrogen) atoms. The molecule has 134 valence electrons. The molecule has 0 bridgehead atoms. The second-order valence-electron chi connectivity index (χ2n) is 6.65. The molecule has 0 saturated heterocycles. The largest absolute Gasteiger partial charge is 0.369 e. The van der Waals surface area contributed by atoms with Crippen LogP contribution in [0, 0.1) is 5.92 Å². The molecule has 1 atom stereocenters. The van der Waals surface area contributed by atoms with E-state index in [4.69, 9.17) is 5.73 Å². The standard InChI is InChI=1S/C19H22N6O/c20-18(26)16-11-24-25-12-13(10-23-19(16)25)9-21-8-6-15-4-1-3-14-5-2-7-22-17(14)15/h1-5,7,11,13,21,23H,6,8-10,12H2,(H2,20,26). The molecule has 0 saturated carbocycles. The van der Waals surface area contributed by atoms with E-state index in [0.29, 0.717) is 11.5 Å². The van der Waals surface area contributed by atoms with Gasteiger partial charge < -0.3 is 16.4 Å². The van der Waals surface area contributed by atoms with Gasteiger partial charge in [0.1, 0.15) is 11.4 Å². The third-order valence-electron chi connectivity index (χ3n) is 4.81. The monoisotopic (exact) mass is 350 g/mol. The molecule has 7 nitrogen and oxygen atoms in total. The van der Waals surface area contributed by atoms with Gasteiger partial charge in [-0.1, -0.05) is 24.3 Å². The summed E-state index contributed by atoms with van der Waals surface area (Å²) in [7, 11) is 0. The van der Waals surface area contributed by atoms with E-state index >= 15 is 0 Å². The van der Waals surface area contributed by atoms with E-state index in [2.05, 4.69) is 45.0 Å². The van der Waals surface area contributed by atoms with Crippen LogP contribution >= 0.6 is 0 Å². The van der Waals surface area contributed by atoms with Crippen molar-refractivity contribution in [2.75, 3.05) is 25.0 Å². The maximum Gasteiger partial charge on any atom is 0.254 e. The number of nitrogens with two attached hydrogens (primary N) is 1. The lowest BCUT2D eigenvalue weighted by Crippen LogP contribution is -2.36. The number of rotatable bonds is 6. The molecule has 3 aromatic rings. The van der Waals surface area contributed by atoms with Crippen LogP contribution in [0.15, 0.2) is 42.7 Å². The van der Waals surface area contributed by atoms with Crippen LogP contribution in [0.4, 0.5) is 5.82 Å². The summed E-state index contributed by atoms with van der Waals surface area (Å²) in [6.07, 6.45) is 4.32. The topological polar surface area (TPSA) is 97.9 Å². The lowest BCUT2D eigenvalue weighted by molar-refractivity contribution is 0.100. The quantitative estimate of drug-likeness (QED) is 0.584. The summed E-state index contributed by atoms with van der Waals surface area (Å²) in [4.78, 5) is 15.9. The van der Waals surface area contributed by atoms with Crippen molar-refractivity contribution >= 4 is 22.6 Å². The second-order valence-corrected chi connectivity index (χ2v) is 6.65. The lowest BCUT2D eigenvalue weighted by atomic mass is 10.1. The number of benzene rings is 1. The van der Waals surface area contributed by atoms with Crippen LogP contribution in [0.5, 0.6) is 0 Å². The van der Waals surface area contributed by atoms with Gasteiger partial charge in [0.2, 0.25) is 0 Å². The molecule has 1 aliphatic heterocycles. The number of aromatic nitrogens is 3. The first-order valence-electron chi connectivity index (χ1n) is 8.85. The zero-order chi connectivity index (χ0) is 17.9. The Morgan fingerprint density at radius 2 is 2.23 bits per heavy atom. The normalized spacial score (nSPS) is 16.2. The Hall–Kier alpha value is -2.93. The Morgan fingerprint density at radius 1 is 1.35 bits per heavy atom. The van der Waals surface area contributed by atoms with Gasteiger partial charge in [-0.05, 0) is 24.6 Å². The predicted octanol–water partition coefficient (Wildman–Crippen LogP) is 1.40. The van der Waals surface area contributed by atoms with E-state index in [1.54, 1.807) is 0 Å². The summed E-state index contributed by atoms with van der Waals surface area (Å²) in [5.74, 6) is 0.698. The van der Waals surface area contributed by atoms with Crippen LogP contribution in [-0.2, 0) is 13.0 Å². The van der Waals surface area contributed by atoms with Gasteiger partial charge in [-0.3, -0.25) is 9.78 Å². The molecule has 4 N–H and O–H groups in total. The highest BCUT2D eigenvalue weighted by Gasteiger charge is 2.23. The summed E-state index contributed by atoms with van der Waals surface area (Å²) >= 11 is 0. The maximum atomic E-state index is 11.4. The van der Waals surface area contributed by atoms with Gasteiger partial charge in [0.25, 0.3) is 5.91 Å². The number of carbonyl (C=O) groups excluding carboxylic acids is 1. The number of para-hydroxylation sites is 1. The van der Waals surface area contributed by atoms with Gasteiger partial charge in [0.05, 0.1) is 11.7 Å². The summed E-state index contributed by atoms with van der Waals surface area (Å²) in [5, 5.41) is 12.2. The highest BCUT2D eigenvalue weighted by molar-refractivity contribution is 5.97. The van der Waals surface area contributed by atoms with E-state index in [-0.39, 0.29) is 0 Å². The molecule has 2 aromatic heterocycles. The summed E-state index contributed by atoms with van der Waals surface area (Å²) in [6, 6.07) is 10.4. The molecule has 0 radical (unpaired) electrons. The number of fused-ring (bicyclic) bond motifs is 2. The summed E-state index contributed by atoms with van der Waals surface area (Å²) in [6.45, 7) is 3.36. The van der Waals surface area contributed by atoms with Crippen molar-refractivity contribution in [2.45, 2.75) is 13.0 Å². The number of nitrogens with zero attached hydrogens (tertiary/aromatic N) is 3. The number of hydrogen-bond acceptors (Lipinski definition) is 5. The van der Waals surface area contributed by atoms with Crippen molar-refractivity contribution in [3.05, 3.63) is 53.9 Å². The van der Waals surface area contributed by atoms with Crippen molar-refractivity contribution in [1.82, 2.24) is 20.1 Å². The third kappa shape index (κ3) is 3.25. The summed E-state index contributed by atoms with van der Waals surface area (Å²) < 4.78 is 1.82. The SMILES string of the molecule is NC(=O)c1cnn2c1NCC(CNCCc1cccc3cccnc13)C2. The van der Waals surface area contributed by atoms with Gasteiger partial charge in [-0.2, -0.15) is 5.10 Å². The fraction of sp³-hybridized carbons (Fsp3) is 0.316. The van der Waals surface area contributed by atoms with Gasteiger partial charge in [-0.25, -0.2) is 4.68 Å². The molecule has 1 aromatic carbocycles. The number of anilines is 1. The molecule has 1 amide bonds. The fourth-order valence-corrected chi connectivity index (χ4v) is 3.48. The lowest BCUT2D eigenvalue weighted by Gasteiger charge is -2.25. The van der Waals surface area contributed by atoms with Crippen molar-refractivity contribution in [2.24, 2.45) is 11.7 Å². The summed E-state index contributed by atoms with van der Waals surface area (Å²) in [5.41, 5.74) is 8.16. The average molecular weight is 350 g/mol. The van der Waals surface area contributed by atoms with E-state index < -0.39 is 5.91 Å². The second kappa shape index (κ2) is 7.13. The smallest absolute Gasteiger partial charge is 0.254 e. The van der Waals surface area contributed by atoms with Crippen LogP contribution < -0.4 is 16.4 Å². The van der Waals surface area contributed by atoms with E-state index in [1.165, 1.54) is 17.1 Å². The number of amides is 1. The minimum atomic E-state index is -0.445. The van der Waals surface area contributed by atoms with Gasteiger partial charge in [0.15, 0.2) is 0 Å². The Labute approximate surface area is 151 Å². The minimum Gasteiger partial charge on any atom is -0.369 e. The van der Waals surface area contributed by atoms with Crippen LogP contribution in [0.2, 0.25) is 0 Å². The molecule has 0 spiro atoms. The molecule has 4 rings (SSSR count). The van der Waals surface area contributed by atoms with Crippen molar-refractivity contribution in [3.8, 4) is 0 Å². The highest BCUT2D eigenvalue weighted by Crippen LogP contribution is 2.21. The number of pyridine rings is 1. The number of nitrogens with one attached hydrogen (secondary N) is 2. The van der Waals surface area contributed by atoms with Gasteiger partial charge in [0, 0.05) is 37.1 Å². The molecule has 0 aliphatic carbocycles.